The molecule has 0 N–H and O–H groups in total. The van der Waals surface area contributed by atoms with Gasteiger partial charge < -0.3 is 14.2 Å². The standard InChI is InChI=1S/C15H19N5O2/c21-15(2-1-6-19-7-5-17-12-19)20-8-9-22-14(11-20)13-10-16-3-4-18-13/h3-5,7,10,12,14H,1-2,6,8-9,11H2/t14-/m0/s1. The summed E-state index contributed by atoms with van der Waals surface area (Å²) in [6.07, 6.45) is 11.5. The minimum atomic E-state index is -0.181. The van der Waals surface area contributed by atoms with Gasteiger partial charge in [-0.2, -0.15) is 0 Å². The van der Waals surface area contributed by atoms with Crippen LogP contribution in [-0.2, 0) is 16.1 Å². The molecule has 7 nitrogen and oxygen atoms in total. The molecule has 0 bridgehead atoms. The molecular weight excluding hydrogens is 282 g/mol. The number of rotatable bonds is 5. The van der Waals surface area contributed by atoms with E-state index in [-0.39, 0.29) is 12.0 Å². The van der Waals surface area contributed by atoms with Gasteiger partial charge in [0.15, 0.2) is 0 Å². The van der Waals surface area contributed by atoms with Gasteiger partial charge in [-0.15, -0.1) is 0 Å². The van der Waals surface area contributed by atoms with E-state index in [0.29, 0.717) is 26.1 Å². The van der Waals surface area contributed by atoms with Gasteiger partial charge in [-0.25, -0.2) is 4.98 Å². The second-order valence-corrected chi connectivity index (χ2v) is 5.23. The van der Waals surface area contributed by atoms with Crippen molar-refractivity contribution < 1.29 is 9.53 Å². The van der Waals surface area contributed by atoms with Crippen LogP contribution in [0.5, 0.6) is 0 Å². The molecule has 1 amide bonds. The number of nitrogens with zero attached hydrogens (tertiary/aromatic N) is 5. The summed E-state index contributed by atoms with van der Waals surface area (Å²) in [5.41, 5.74) is 0.776. The van der Waals surface area contributed by atoms with E-state index < -0.39 is 0 Å². The maximum absolute atomic E-state index is 12.3. The van der Waals surface area contributed by atoms with Crippen molar-refractivity contribution in [1.29, 1.82) is 0 Å². The molecule has 2 aromatic rings. The molecule has 7 heteroatoms. The van der Waals surface area contributed by atoms with Crippen LogP contribution >= 0.6 is 0 Å². The first-order chi connectivity index (χ1) is 10.8. The SMILES string of the molecule is O=C(CCCn1ccnc1)N1CCO[C@H](c2cnccn2)C1. The molecule has 22 heavy (non-hydrogen) atoms. The number of hydrogen-bond acceptors (Lipinski definition) is 5. The maximum atomic E-state index is 12.3. The summed E-state index contributed by atoms with van der Waals surface area (Å²) in [4.78, 5) is 26.5. The predicted molar refractivity (Wildman–Crippen MR) is 78.8 cm³/mol. The molecule has 3 rings (SSSR count). The average molecular weight is 301 g/mol. The predicted octanol–water partition coefficient (Wildman–Crippen LogP) is 1.05. The zero-order chi connectivity index (χ0) is 15.2. The number of aryl methyl sites for hydroxylation is 1. The van der Waals surface area contributed by atoms with Crippen LogP contribution in [0.15, 0.2) is 37.3 Å². The lowest BCUT2D eigenvalue weighted by molar-refractivity contribution is -0.139. The summed E-state index contributed by atoms with van der Waals surface area (Å²) in [6.45, 7) is 2.53. The molecule has 1 fully saturated rings. The Bertz CT molecular complexity index is 587. The van der Waals surface area contributed by atoms with Gasteiger partial charge in [-0.3, -0.25) is 14.8 Å². The van der Waals surface area contributed by atoms with Crippen LogP contribution in [0.1, 0.15) is 24.6 Å². The fraction of sp³-hybridized carbons (Fsp3) is 0.467. The summed E-state index contributed by atoms with van der Waals surface area (Å²) in [7, 11) is 0. The molecule has 0 spiro atoms. The molecule has 116 valence electrons. The molecule has 3 heterocycles. The third kappa shape index (κ3) is 3.67. The van der Waals surface area contributed by atoms with E-state index in [4.69, 9.17) is 4.74 Å². The molecule has 0 radical (unpaired) electrons. The number of hydrogen-bond donors (Lipinski definition) is 0. The summed E-state index contributed by atoms with van der Waals surface area (Å²) in [5, 5.41) is 0. The molecular formula is C15H19N5O2. The van der Waals surface area contributed by atoms with Crippen LogP contribution in [0.2, 0.25) is 0 Å². The Hall–Kier alpha value is -2.28. The highest BCUT2D eigenvalue weighted by atomic mass is 16.5. The van der Waals surface area contributed by atoms with E-state index in [9.17, 15) is 4.79 Å². The van der Waals surface area contributed by atoms with Crippen molar-refractivity contribution in [2.24, 2.45) is 0 Å². The summed E-state index contributed by atoms with van der Waals surface area (Å²) in [6, 6.07) is 0. The highest BCUT2D eigenvalue weighted by Gasteiger charge is 2.25. The van der Waals surface area contributed by atoms with Crippen molar-refractivity contribution in [1.82, 2.24) is 24.4 Å². The van der Waals surface area contributed by atoms with Gasteiger partial charge >= 0.3 is 0 Å². The summed E-state index contributed by atoms with van der Waals surface area (Å²) >= 11 is 0. The average Bonchev–Trinajstić information content (AvgIpc) is 3.09. The first kappa shape index (κ1) is 14.6. The van der Waals surface area contributed by atoms with Gasteiger partial charge in [-0.05, 0) is 6.42 Å². The number of ether oxygens (including phenoxy) is 1. The van der Waals surface area contributed by atoms with E-state index >= 15 is 0 Å². The third-order valence-electron chi connectivity index (χ3n) is 3.70. The third-order valence-corrected chi connectivity index (χ3v) is 3.70. The van der Waals surface area contributed by atoms with Crippen LogP contribution in [0, 0.1) is 0 Å². The topological polar surface area (TPSA) is 73.1 Å². The highest BCUT2D eigenvalue weighted by Crippen LogP contribution is 2.20. The number of amides is 1. The Kier molecular flexibility index (Phi) is 4.75. The fourth-order valence-electron chi connectivity index (χ4n) is 2.52. The molecule has 0 aliphatic carbocycles. The Morgan fingerprint density at radius 3 is 3.05 bits per heavy atom. The molecule has 2 aromatic heterocycles. The van der Waals surface area contributed by atoms with Gasteiger partial charge in [0, 0.05) is 44.3 Å². The maximum Gasteiger partial charge on any atom is 0.222 e. The smallest absolute Gasteiger partial charge is 0.222 e. The zero-order valence-electron chi connectivity index (χ0n) is 12.3. The lowest BCUT2D eigenvalue weighted by Gasteiger charge is -2.32. The molecule has 1 aliphatic rings. The zero-order valence-corrected chi connectivity index (χ0v) is 12.3. The lowest BCUT2D eigenvalue weighted by Crippen LogP contribution is -2.42. The monoisotopic (exact) mass is 301 g/mol. The van der Waals surface area contributed by atoms with Gasteiger partial charge in [-0.1, -0.05) is 0 Å². The van der Waals surface area contributed by atoms with Crippen molar-refractivity contribution in [3.05, 3.63) is 43.0 Å². The fourth-order valence-corrected chi connectivity index (χ4v) is 2.52. The number of aromatic nitrogens is 4. The second kappa shape index (κ2) is 7.13. The Morgan fingerprint density at radius 2 is 2.27 bits per heavy atom. The number of morpholine rings is 1. The lowest BCUT2D eigenvalue weighted by atomic mass is 10.2. The van der Waals surface area contributed by atoms with Crippen LogP contribution in [-0.4, -0.2) is 50.0 Å². The summed E-state index contributed by atoms with van der Waals surface area (Å²) in [5.74, 6) is 0.164. The van der Waals surface area contributed by atoms with Gasteiger partial charge in [0.2, 0.25) is 5.91 Å². The van der Waals surface area contributed by atoms with Crippen molar-refractivity contribution in [2.45, 2.75) is 25.5 Å². The van der Waals surface area contributed by atoms with Crippen molar-refractivity contribution in [2.75, 3.05) is 19.7 Å². The molecule has 0 saturated carbocycles. The van der Waals surface area contributed by atoms with Gasteiger partial charge in [0.05, 0.1) is 31.4 Å². The van der Waals surface area contributed by atoms with E-state index in [1.54, 1.807) is 31.1 Å². The molecule has 1 aliphatic heterocycles. The quantitative estimate of drug-likeness (QED) is 0.825. The molecule has 1 atom stereocenters. The normalized spacial score (nSPS) is 18.4. The molecule has 0 unspecified atom stereocenters. The van der Waals surface area contributed by atoms with E-state index in [0.717, 1.165) is 18.7 Å². The Labute approximate surface area is 129 Å². The first-order valence-electron chi connectivity index (χ1n) is 7.44. The van der Waals surface area contributed by atoms with Gasteiger partial charge in [0.1, 0.15) is 6.10 Å². The second-order valence-electron chi connectivity index (χ2n) is 5.23. The van der Waals surface area contributed by atoms with Crippen molar-refractivity contribution in [3.63, 3.8) is 0 Å². The van der Waals surface area contributed by atoms with Crippen LogP contribution in [0.3, 0.4) is 0 Å². The van der Waals surface area contributed by atoms with Crippen LogP contribution in [0.4, 0.5) is 0 Å². The van der Waals surface area contributed by atoms with E-state index in [1.807, 2.05) is 15.7 Å². The number of imidazole rings is 1. The largest absolute Gasteiger partial charge is 0.368 e. The number of carbonyl (C=O) groups is 1. The van der Waals surface area contributed by atoms with Crippen molar-refractivity contribution in [3.8, 4) is 0 Å². The minimum Gasteiger partial charge on any atom is -0.368 e. The number of carbonyl (C=O) groups excluding carboxylic acids is 1. The first-order valence-corrected chi connectivity index (χ1v) is 7.44. The van der Waals surface area contributed by atoms with Crippen molar-refractivity contribution >= 4 is 5.91 Å². The van der Waals surface area contributed by atoms with Crippen LogP contribution < -0.4 is 0 Å². The highest BCUT2D eigenvalue weighted by molar-refractivity contribution is 5.76. The Morgan fingerprint density at radius 1 is 1.32 bits per heavy atom. The van der Waals surface area contributed by atoms with Gasteiger partial charge in [0.25, 0.3) is 0 Å². The molecule has 0 aromatic carbocycles. The Balaban J connectivity index is 1.49. The molecule has 1 saturated heterocycles. The van der Waals surface area contributed by atoms with E-state index in [2.05, 4.69) is 15.0 Å². The summed E-state index contributed by atoms with van der Waals surface area (Å²) < 4.78 is 7.68. The minimum absolute atomic E-state index is 0.164. The van der Waals surface area contributed by atoms with Crippen LogP contribution in [0.25, 0.3) is 0 Å². The van der Waals surface area contributed by atoms with E-state index in [1.165, 1.54) is 0 Å².